The van der Waals surface area contributed by atoms with Crippen LogP contribution in [0, 0.1) is 5.82 Å². The fourth-order valence-corrected chi connectivity index (χ4v) is 4.75. The van der Waals surface area contributed by atoms with Crippen LogP contribution in [-0.4, -0.2) is 53.0 Å². The molecule has 0 unspecified atom stereocenters. The third-order valence-corrected chi connectivity index (χ3v) is 6.95. The number of carbonyl (C=O) groups is 2. The normalized spacial score (nSPS) is 11.4. The Kier molecular flexibility index (Phi) is 10.7. The molecule has 0 saturated heterocycles. The zero-order valence-electron chi connectivity index (χ0n) is 23.8. The SMILES string of the molecule is COCCCN(Cc1cccn1Cc1cccc(C(F)(F)F)c1)C(=O)CN(Cc1ccccc1)C(=O)c1ccccc1F. The maximum absolute atomic E-state index is 14.6. The summed E-state index contributed by atoms with van der Waals surface area (Å²) in [5.41, 5.74) is 1.09. The molecule has 0 aliphatic rings. The van der Waals surface area contributed by atoms with Gasteiger partial charge in [0.2, 0.25) is 5.91 Å². The molecule has 43 heavy (non-hydrogen) atoms. The molecule has 0 radical (unpaired) electrons. The van der Waals surface area contributed by atoms with Crippen molar-refractivity contribution in [3.63, 3.8) is 0 Å². The monoisotopic (exact) mass is 595 g/mol. The lowest BCUT2D eigenvalue weighted by atomic mass is 10.1. The molecule has 6 nitrogen and oxygen atoms in total. The maximum atomic E-state index is 14.6. The Balaban J connectivity index is 1.56. The first-order valence-corrected chi connectivity index (χ1v) is 13.8. The van der Waals surface area contributed by atoms with Gasteiger partial charge in [0.1, 0.15) is 12.4 Å². The summed E-state index contributed by atoms with van der Waals surface area (Å²) in [5.74, 6) is -1.65. The Labute approximate surface area is 248 Å². The lowest BCUT2D eigenvalue weighted by Gasteiger charge is -2.28. The van der Waals surface area contributed by atoms with Crippen LogP contribution in [0.15, 0.2) is 97.2 Å². The highest BCUT2D eigenvalue weighted by Gasteiger charge is 2.30. The van der Waals surface area contributed by atoms with Gasteiger partial charge in [0, 0.05) is 45.2 Å². The number of halogens is 4. The second-order valence-electron chi connectivity index (χ2n) is 10.1. The van der Waals surface area contributed by atoms with Crippen LogP contribution in [0.5, 0.6) is 0 Å². The fraction of sp³-hybridized carbons (Fsp3) is 0.273. The predicted molar refractivity (Wildman–Crippen MR) is 154 cm³/mol. The van der Waals surface area contributed by atoms with Crippen LogP contribution in [0.1, 0.15) is 39.2 Å². The van der Waals surface area contributed by atoms with Crippen molar-refractivity contribution in [3.05, 3.63) is 131 Å². The molecule has 3 aromatic carbocycles. The van der Waals surface area contributed by atoms with E-state index in [1.807, 2.05) is 30.3 Å². The van der Waals surface area contributed by atoms with E-state index < -0.39 is 23.5 Å². The van der Waals surface area contributed by atoms with E-state index in [-0.39, 0.29) is 37.6 Å². The van der Waals surface area contributed by atoms with Crippen LogP contribution < -0.4 is 0 Å². The van der Waals surface area contributed by atoms with E-state index in [2.05, 4.69) is 0 Å². The third kappa shape index (κ3) is 8.78. The summed E-state index contributed by atoms with van der Waals surface area (Å²) in [6, 6.07) is 23.5. The highest BCUT2D eigenvalue weighted by atomic mass is 19.4. The van der Waals surface area contributed by atoms with Crippen molar-refractivity contribution in [3.8, 4) is 0 Å². The van der Waals surface area contributed by atoms with E-state index in [0.29, 0.717) is 30.8 Å². The molecule has 2 amide bonds. The second kappa shape index (κ2) is 14.6. The van der Waals surface area contributed by atoms with Gasteiger partial charge in [-0.15, -0.1) is 0 Å². The van der Waals surface area contributed by atoms with Crippen molar-refractivity contribution >= 4 is 11.8 Å². The number of rotatable bonds is 13. The summed E-state index contributed by atoms with van der Waals surface area (Å²) in [6.45, 7) is 0.839. The van der Waals surface area contributed by atoms with Crippen molar-refractivity contribution in [1.82, 2.24) is 14.4 Å². The number of methoxy groups -OCH3 is 1. The standard InChI is InChI=1S/C33H33F4N3O3/c1-43-19-9-18-39(23-28-14-8-17-38(28)22-26-12-7-13-27(20-26)33(35,36)37)31(41)24-40(21-25-10-3-2-4-11-25)32(42)29-15-5-6-16-30(29)34/h2-8,10-17,20H,9,18-19,21-24H2,1H3. The predicted octanol–water partition coefficient (Wildman–Crippen LogP) is 6.40. The molecule has 0 saturated carbocycles. The molecule has 4 rings (SSSR count). The lowest BCUT2D eigenvalue weighted by Crippen LogP contribution is -2.43. The van der Waals surface area contributed by atoms with Crippen molar-refractivity contribution in [2.45, 2.75) is 32.2 Å². The van der Waals surface area contributed by atoms with Crippen LogP contribution in [-0.2, 0) is 35.3 Å². The molecular weight excluding hydrogens is 562 g/mol. The van der Waals surface area contributed by atoms with Gasteiger partial charge >= 0.3 is 6.18 Å². The minimum Gasteiger partial charge on any atom is -0.385 e. The minimum absolute atomic E-state index is 0.0948. The largest absolute Gasteiger partial charge is 0.416 e. The van der Waals surface area contributed by atoms with E-state index in [1.54, 1.807) is 47.0 Å². The van der Waals surface area contributed by atoms with Gasteiger partial charge in [-0.3, -0.25) is 9.59 Å². The Morgan fingerprint density at radius 2 is 1.56 bits per heavy atom. The van der Waals surface area contributed by atoms with Gasteiger partial charge in [0.25, 0.3) is 5.91 Å². The molecule has 226 valence electrons. The summed E-state index contributed by atoms with van der Waals surface area (Å²) in [7, 11) is 1.56. The van der Waals surface area contributed by atoms with Gasteiger partial charge < -0.3 is 19.1 Å². The number of aromatic nitrogens is 1. The molecule has 10 heteroatoms. The molecule has 0 bridgehead atoms. The Hall–Kier alpha value is -4.44. The minimum atomic E-state index is -4.45. The first kappa shape index (κ1) is 31.5. The fourth-order valence-electron chi connectivity index (χ4n) is 4.75. The molecule has 1 aromatic heterocycles. The van der Waals surface area contributed by atoms with Crippen molar-refractivity contribution in [2.24, 2.45) is 0 Å². The highest BCUT2D eigenvalue weighted by molar-refractivity contribution is 5.96. The van der Waals surface area contributed by atoms with Crippen LogP contribution in [0.2, 0.25) is 0 Å². The lowest BCUT2D eigenvalue weighted by molar-refractivity contribution is -0.137. The molecule has 0 aliphatic carbocycles. The van der Waals surface area contributed by atoms with Crippen LogP contribution in [0.4, 0.5) is 17.6 Å². The van der Waals surface area contributed by atoms with E-state index >= 15 is 0 Å². The van der Waals surface area contributed by atoms with Gasteiger partial charge in [-0.2, -0.15) is 13.2 Å². The number of carbonyl (C=O) groups excluding carboxylic acids is 2. The van der Waals surface area contributed by atoms with Gasteiger partial charge in [0.05, 0.1) is 17.7 Å². The first-order valence-electron chi connectivity index (χ1n) is 13.8. The van der Waals surface area contributed by atoms with Crippen LogP contribution in [0.25, 0.3) is 0 Å². The molecular formula is C33H33F4N3O3. The highest BCUT2D eigenvalue weighted by Crippen LogP contribution is 2.30. The van der Waals surface area contributed by atoms with Crippen LogP contribution >= 0.6 is 0 Å². The van der Waals surface area contributed by atoms with E-state index in [9.17, 15) is 27.2 Å². The maximum Gasteiger partial charge on any atom is 0.416 e. The van der Waals surface area contributed by atoms with Gasteiger partial charge in [-0.25, -0.2) is 4.39 Å². The molecule has 0 atom stereocenters. The molecule has 1 heterocycles. The van der Waals surface area contributed by atoms with Gasteiger partial charge in [0.15, 0.2) is 0 Å². The Morgan fingerprint density at radius 1 is 0.837 bits per heavy atom. The Bertz CT molecular complexity index is 1500. The van der Waals surface area contributed by atoms with E-state index in [4.69, 9.17) is 4.74 Å². The topological polar surface area (TPSA) is 54.8 Å². The van der Waals surface area contributed by atoms with Crippen molar-refractivity contribution < 1.29 is 31.9 Å². The summed E-state index contributed by atoms with van der Waals surface area (Å²) in [4.78, 5) is 30.2. The molecule has 0 fully saturated rings. The summed E-state index contributed by atoms with van der Waals surface area (Å²) >= 11 is 0. The summed E-state index contributed by atoms with van der Waals surface area (Å²) in [5, 5.41) is 0. The number of hydrogen-bond donors (Lipinski definition) is 0. The molecule has 0 N–H and O–H groups in total. The van der Waals surface area contributed by atoms with Crippen LogP contribution in [0.3, 0.4) is 0 Å². The number of benzene rings is 3. The first-order chi connectivity index (χ1) is 20.7. The average molecular weight is 596 g/mol. The van der Waals surface area contributed by atoms with Gasteiger partial charge in [-0.1, -0.05) is 54.6 Å². The number of amides is 2. The number of nitrogens with zero attached hydrogens (tertiary/aromatic N) is 3. The van der Waals surface area contributed by atoms with E-state index in [1.165, 1.54) is 29.2 Å². The average Bonchev–Trinajstić information content (AvgIpc) is 3.42. The zero-order valence-corrected chi connectivity index (χ0v) is 23.8. The van der Waals surface area contributed by atoms with Crippen molar-refractivity contribution in [2.75, 3.05) is 26.8 Å². The van der Waals surface area contributed by atoms with Gasteiger partial charge in [-0.05, 0) is 53.9 Å². The second-order valence-corrected chi connectivity index (χ2v) is 10.1. The number of ether oxygens (including phenoxy) is 1. The summed E-state index contributed by atoms with van der Waals surface area (Å²) < 4.78 is 61.3. The zero-order chi connectivity index (χ0) is 30.8. The third-order valence-electron chi connectivity index (χ3n) is 6.95. The molecule has 0 aliphatic heterocycles. The Morgan fingerprint density at radius 3 is 2.28 bits per heavy atom. The van der Waals surface area contributed by atoms with Crippen molar-refractivity contribution in [1.29, 1.82) is 0 Å². The molecule has 0 spiro atoms. The molecule has 4 aromatic rings. The number of alkyl halides is 3. The van der Waals surface area contributed by atoms with E-state index in [0.717, 1.165) is 17.7 Å². The summed E-state index contributed by atoms with van der Waals surface area (Å²) in [6.07, 6.45) is -2.18. The quantitative estimate of drug-likeness (QED) is 0.133. The number of hydrogen-bond acceptors (Lipinski definition) is 3. The smallest absolute Gasteiger partial charge is 0.385 e.